The van der Waals surface area contributed by atoms with Crippen LogP contribution in [-0.4, -0.2) is 31.9 Å². The standard InChI is InChI=1S/C29H30O5/c1-3-31-28(29(30)32-4-2)19-21-13-15-23(16-14-21)33-18-17-25-24-10-6-5-9-22(24)20-34-27-12-8-7-11-26(25)27/h5-17,28H,3-4,18-20H2,1-2H3/b25-17-. The maximum atomic E-state index is 12.1. The van der Waals surface area contributed by atoms with Crippen molar-refractivity contribution in [3.05, 3.63) is 101 Å². The van der Waals surface area contributed by atoms with Crippen molar-refractivity contribution in [2.24, 2.45) is 0 Å². The Balaban J connectivity index is 1.46. The molecule has 5 nitrogen and oxygen atoms in total. The van der Waals surface area contributed by atoms with E-state index in [2.05, 4.69) is 24.3 Å². The minimum Gasteiger partial charge on any atom is -0.490 e. The first-order chi connectivity index (χ1) is 16.7. The van der Waals surface area contributed by atoms with Crippen LogP contribution in [0.5, 0.6) is 11.5 Å². The molecule has 176 valence electrons. The van der Waals surface area contributed by atoms with Crippen molar-refractivity contribution < 1.29 is 23.7 Å². The van der Waals surface area contributed by atoms with Gasteiger partial charge < -0.3 is 18.9 Å². The molecule has 1 heterocycles. The van der Waals surface area contributed by atoms with Gasteiger partial charge in [-0.15, -0.1) is 0 Å². The number of carbonyl (C=O) groups is 1. The summed E-state index contributed by atoms with van der Waals surface area (Å²) >= 11 is 0. The van der Waals surface area contributed by atoms with Gasteiger partial charge in [-0.1, -0.05) is 54.6 Å². The monoisotopic (exact) mass is 458 g/mol. The summed E-state index contributed by atoms with van der Waals surface area (Å²) in [5.74, 6) is 1.31. The maximum absolute atomic E-state index is 12.1. The SMILES string of the molecule is CCOC(=O)C(Cc1ccc(OC/C=C2/c3ccccc3COc3ccccc32)cc1)OCC. The van der Waals surface area contributed by atoms with Crippen molar-refractivity contribution in [3.63, 3.8) is 0 Å². The minimum absolute atomic E-state index is 0.329. The van der Waals surface area contributed by atoms with E-state index < -0.39 is 6.10 Å². The Bertz CT molecular complexity index is 1080. The summed E-state index contributed by atoms with van der Waals surface area (Å²) in [6.45, 7) is 5.42. The molecule has 1 atom stereocenters. The second-order valence-corrected chi connectivity index (χ2v) is 7.91. The van der Waals surface area contributed by atoms with Crippen LogP contribution in [0.4, 0.5) is 0 Å². The summed E-state index contributed by atoms with van der Waals surface area (Å²) < 4.78 is 22.8. The summed E-state index contributed by atoms with van der Waals surface area (Å²) in [7, 11) is 0. The van der Waals surface area contributed by atoms with Gasteiger partial charge in [0.1, 0.15) is 24.7 Å². The molecule has 34 heavy (non-hydrogen) atoms. The van der Waals surface area contributed by atoms with Crippen LogP contribution in [0.25, 0.3) is 5.57 Å². The third-order valence-corrected chi connectivity index (χ3v) is 5.67. The molecule has 0 spiro atoms. The molecular weight excluding hydrogens is 428 g/mol. The van der Waals surface area contributed by atoms with E-state index in [1.54, 1.807) is 6.92 Å². The predicted molar refractivity (Wildman–Crippen MR) is 132 cm³/mol. The van der Waals surface area contributed by atoms with Crippen LogP contribution in [-0.2, 0) is 27.3 Å². The second kappa shape index (κ2) is 11.5. The molecule has 0 aliphatic carbocycles. The normalized spacial score (nSPS) is 14.4. The topological polar surface area (TPSA) is 54.0 Å². The molecule has 0 fully saturated rings. The Morgan fingerprint density at radius 3 is 2.44 bits per heavy atom. The highest BCUT2D eigenvalue weighted by Gasteiger charge is 2.21. The summed E-state index contributed by atoms with van der Waals surface area (Å²) in [6, 6.07) is 24.1. The van der Waals surface area contributed by atoms with Gasteiger partial charge in [-0.25, -0.2) is 4.79 Å². The van der Waals surface area contributed by atoms with Crippen molar-refractivity contribution in [3.8, 4) is 11.5 Å². The zero-order valence-corrected chi connectivity index (χ0v) is 19.7. The number of hydrogen-bond acceptors (Lipinski definition) is 5. The number of benzene rings is 3. The molecule has 0 saturated carbocycles. The molecule has 4 rings (SSSR count). The zero-order chi connectivity index (χ0) is 23.8. The number of hydrogen-bond donors (Lipinski definition) is 0. The Labute approximate surface area is 200 Å². The molecule has 0 N–H and O–H groups in total. The average Bonchev–Trinajstić information content (AvgIpc) is 3.02. The predicted octanol–water partition coefficient (Wildman–Crippen LogP) is 5.60. The van der Waals surface area contributed by atoms with E-state index in [0.717, 1.165) is 39.3 Å². The molecular formula is C29H30O5. The number of para-hydroxylation sites is 1. The Morgan fingerprint density at radius 1 is 0.941 bits per heavy atom. The van der Waals surface area contributed by atoms with Crippen molar-refractivity contribution in [1.29, 1.82) is 0 Å². The lowest BCUT2D eigenvalue weighted by Crippen LogP contribution is -2.28. The zero-order valence-electron chi connectivity index (χ0n) is 19.7. The largest absolute Gasteiger partial charge is 0.490 e. The van der Waals surface area contributed by atoms with Gasteiger partial charge in [-0.2, -0.15) is 0 Å². The fraction of sp³-hybridized carbons (Fsp3) is 0.276. The van der Waals surface area contributed by atoms with Crippen molar-refractivity contribution >= 4 is 11.5 Å². The Morgan fingerprint density at radius 2 is 1.68 bits per heavy atom. The van der Waals surface area contributed by atoms with E-state index in [1.807, 2.05) is 61.5 Å². The van der Waals surface area contributed by atoms with Crippen LogP contribution in [0.3, 0.4) is 0 Å². The number of ether oxygens (including phenoxy) is 4. The van der Waals surface area contributed by atoms with Gasteiger partial charge >= 0.3 is 5.97 Å². The molecule has 5 heteroatoms. The molecule has 0 bridgehead atoms. The highest BCUT2D eigenvalue weighted by Crippen LogP contribution is 2.36. The van der Waals surface area contributed by atoms with Crippen LogP contribution >= 0.6 is 0 Å². The third kappa shape index (κ3) is 5.67. The lowest BCUT2D eigenvalue weighted by molar-refractivity contribution is -0.156. The van der Waals surface area contributed by atoms with Crippen LogP contribution in [0.1, 0.15) is 36.1 Å². The highest BCUT2D eigenvalue weighted by atomic mass is 16.6. The van der Waals surface area contributed by atoms with Crippen molar-refractivity contribution in [2.45, 2.75) is 33.0 Å². The molecule has 3 aromatic rings. The highest BCUT2D eigenvalue weighted by molar-refractivity contribution is 5.85. The number of carbonyl (C=O) groups excluding carboxylic acids is 1. The van der Waals surface area contributed by atoms with Crippen LogP contribution in [0.2, 0.25) is 0 Å². The van der Waals surface area contributed by atoms with Gasteiger partial charge in [0.2, 0.25) is 0 Å². The number of fused-ring (bicyclic) bond motifs is 2. The Kier molecular flexibility index (Phi) is 7.99. The maximum Gasteiger partial charge on any atom is 0.335 e. The van der Waals surface area contributed by atoms with Crippen molar-refractivity contribution in [1.82, 2.24) is 0 Å². The minimum atomic E-state index is -0.598. The van der Waals surface area contributed by atoms with Gasteiger partial charge in [0, 0.05) is 18.6 Å². The molecule has 0 aromatic heterocycles. The van der Waals surface area contributed by atoms with E-state index in [1.165, 1.54) is 0 Å². The molecule has 0 radical (unpaired) electrons. The summed E-state index contributed by atoms with van der Waals surface area (Å²) in [6.07, 6.45) is 1.97. The lowest BCUT2D eigenvalue weighted by Gasteiger charge is -2.16. The fourth-order valence-electron chi connectivity index (χ4n) is 4.05. The first kappa shape index (κ1) is 23.6. The van der Waals surface area contributed by atoms with Gasteiger partial charge in [-0.3, -0.25) is 0 Å². The molecule has 1 aliphatic rings. The van der Waals surface area contributed by atoms with Gasteiger partial charge in [-0.05, 0) is 60.4 Å². The molecule has 1 aliphatic heterocycles. The van der Waals surface area contributed by atoms with E-state index in [9.17, 15) is 4.79 Å². The third-order valence-electron chi connectivity index (χ3n) is 5.67. The van der Waals surface area contributed by atoms with E-state index in [4.69, 9.17) is 18.9 Å². The van der Waals surface area contributed by atoms with Gasteiger partial charge in [0.15, 0.2) is 6.10 Å². The van der Waals surface area contributed by atoms with Gasteiger partial charge in [0.05, 0.1) is 6.61 Å². The number of esters is 1. The van der Waals surface area contributed by atoms with Crippen LogP contribution in [0.15, 0.2) is 78.9 Å². The summed E-state index contributed by atoms with van der Waals surface area (Å²) in [5.41, 5.74) is 5.47. The van der Waals surface area contributed by atoms with E-state index >= 15 is 0 Å². The second-order valence-electron chi connectivity index (χ2n) is 7.91. The molecule has 0 amide bonds. The first-order valence-corrected chi connectivity index (χ1v) is 11.7. The summed E-state index contributed by atoms with van der Waals surface area (Å²) in [4.78, 5) is 12.1. The number of rotatable bonds is 9. The van der Waals surface area contributed by atoms with Crippen molar-refractivity contribution in [2.75, 3.05) is 19.8 Å². The average molecular weight is 459 g/mol. The lowest BCUT2D eigenvalue weighted by atomic mass is 9.94. The Hall–Kier alpha value is -3.57. The smallest absolute Gasteiger partial charge is 0.335 e. The first-order valence-electron chi connectivity index (χ1n) is 11.7. The quantitative estimate of drug-likeness (QED) is 0.391. The molecule has 0 saturated heterocycles. The summed E-state index contributed by atoms with van der Waals surface area (Å²) in [5, 5.41) is 0. The molecule has 1 unspecified atom stereocenters. The van der Waals surface area contributed by atoms with Gasteiger partial charge in [0.25, 0.3) is 0 Å². The van der Waals surface area contributed by atoms with E-state index in [-0.39, 0.29) is 5.97 Å². The van der Waals surface area contributed by atoms with Crippen LogP contribution < -0.4 is 9.47 Å². The fourth-order valence-corrected chi connectivity index (χ4v) is 4.05. The van der Waals surface area contributed by atoms with Crippen LogP contribution in [0, 0.1) is 0 Å². The van der Waals surface area contributed by atoms with E-state index in [0.29, 0.717) is 32.8 Å². The molecule has 3 aromatic carbocycles.